The molecular weight excluding hydrogens is 262 g/mol. The average Bonchev–Trinajstić information content (AvgIpc) is 2.95. The Morgan fingerprint density at radius 3 is 2.63 bits per heavy atom. The molecule has 1 N–H and O–H groups in total. The van der Waals surface area contributed by atoms with Crippen LogP contribution < -0.4 is 0 Å². The van der Waals surface area contributed by atoms with Gasteiger partial charge in [0.25, 0.3) is 0 Å². The lowest BCUT2D eigenvalue weighted by molar-refractivity contribution is 0.0702. The van der Waals surface area contributed by atoms with Gasteiger partial charge in [-0.05, 0) is 32.9 Å². The fourth-order valence-electron chi connectivity index (χ4n) is 1.42. The van der Waals surface area contributed by atoms with Gasteiger partial charge in [-0.3, -0.25) is 4.68 Å². The molecule has 100 valence electrons. The lowest BCUT2D eigenvalue weighted by Crippen LogP contribution is -2.21. The van der Waals surface area contributed by atoms with E-state index in [1.54, 1.807) is 12.3 Å². The van der Waals surface area contributed by atoms with E-state index >= 15 is 0 Å². The minimum atomic E-state index is -0.947. The third-order valence-corrected chi connectivity index (χ3v) is 3.39. The molecule has 19 heavy (non-hydrogen) atoms. The number of carboxylic acids is 1. The van der Waals surface area contributed by atoms with Crippen LogP contribution in [0.1, 0.15) is 41.0 Å². The summed E-state index contributed by atoms with van der Waals surface area (Å²) in [5, 5.41) is 13.8. The summed E-state index contributed by atoms with van der Waals surface area (Å²) < 4.78 is 1.89. The molecule has 5 nitrogen and oxygen atoms in total. The number of thiazole rings is 1. The monoisotopic (exact) mass is 277 g/mol. The van der Waals surface area contributed by atoms with Gasteiger partial charge < -0.3 is 5.11 Å². The summed E-state index contributed by atoms with van der Waals surface area (Å²) in [5.41, 5.74) is 0.908. The number of nitrogens with zero attached hydrogens (tertiary/aromatic N) is 3. The topological polar surface area (TPSA) is 68.0 Å². The first kappa shape index (κ1) is 13.5. The van der Waals surface area contributed by atoms with E-state index < -0.39 is 5.97 Å². The predicted molar refractivity (Wildman–Crippen MR) is 75.2 cm³/mol. The van der Waals surface area contributed by atoms with Gasteiger partial charge in [0.1, 0.15) is 9.88 Å². The Labute approximate surface area is 115 Å². The SMILES string of the molecule is CC(C)(C)n1cc(C=Cc2ncc(C(=O)O)s2)cn1. The first-order valence-corrected chi connectivity index (χ1v) is 6.60. The van der Waals surface area contributed by atoms with Crippen molar-refractivity contribution in [3.8, 4) is 0 Å². The smallest absolute Gasteiger partial charge is 0.347 e. The van der Waals surface area contributed by atoms with E-state index in [-0.39, 0.29) is 10.4 Å². The molecule has 0 fully saturated rings. The van der Waals surface area contributed by atoms with Crippen LogP contribution in [-0.4, -0.2) is 25.8 Å². The van der Waals surface area contributed by atoms with Crippen LogP contribution >= 0.6 is 11.3 Å². The van der Waals surface area contributed by atoms with Crippen LogP contribution in [0.15, 0.2) is 18.6 Å². The van der Waals surface area contributed by atoms with Crippen LogP contribution in [0.25, 0.3) is 12.2 Å². The Morgan fingerprint density at radius 1 is 1.37 bits per heavy atom. The molecule has 0 aliphatic rings. The van der Waals surface area contributed by atoms with E-state index in [0.717, 1.165) is 16.9 Å². The van der Waals surface area contributed by atoms with Crippen LogP contribution in [0, 0.1) is 0 Å². The van der Waals surface area contributed by atoms with Crippen molar-refractivity contribution in [1.29, 1.82) is 0 Å². The average molecular weight is 277 g/mol. The normalized spacial score (nSPS) is 12.2. The zero-order chi connectivity index (χ0) is 14.0. The minimum Gasteiger partial charge on any atom is -0.477 e. The molecule has 2 aromatic rings. The quantitative estimate of drug-likeness (QED) is 0.936. The molecule has 0 aliphatic heterocycles. The Bertz CT molecular complexity index is 620. The zero-order valence-electron chi connectivity index (χ0n) is 11.0. The van der Waals surface area contributed by atoms with Gasteiger partial charge in [0, 0.05) is 11.8 Å². The van der Waals surface area contributed by atoms with Crippen LogP contribution in [0.5, 0.6) is 0 Å². The highest BCUT2D eigenvalue weighted by atomic mass is 32.1. The summed E-state index contributed by atoms with van der Waals surface area (Å²) in [6.45, 7) is 6.23. The standard InChI is InChI=1S/C13H15N3O2S/c1-13(2,3)16-8-9(6-15-16)4-5-11-14-7-10(19-11)12(17)18/h4-8H,1-3H3,(H,17,18). The van der Waals surface area contributed by atoms with E-state index in [2.05, 4.69) is 30.9 Å². The molecule has 0 aromatic carbocycles. The second-order valence-corrected chi connectivity index (χ2v) is 6.15. The number of aromatic carboxylic acids is 1. The van der Waals surface area contributed by atoms with Gasteiger partial charge in [0.15, 0.2) is 0 Å². The maximum atomic E-state index is 10.7. The van der Waals surface area contributed by atoms with Crippen molar-refractivity contribution in [2.75, 3.05) is 0 Å². The van der Waals surface area contributed by atoms with E-state index in [9.17, 15) is 4.79 Å². The van der Waals surface area contributed by atoms with Gasteiger partial charge in [0.2, 0.25) is 0 Å². The molecule has 2 rings (SSSR count). The van der Waals surface area contributed by atoms with Gasteiger partial charge in [-0.2, -0.15) is 5.10 Å². The fourth-order valence-corrected chi connectivity index (χ4v) is 2.08. The van der Waals surface area contributed by atoms with Crippen molar-refractivity contribution >= 4 is 29.5 Å². The molecule has 2 aromatic heterocycles. The van der Waals surface area contributed by atoms with Crippen molar-refractivity contribution in [3.63, 3.8) is 0 Å². The number of hydrogen-bond donors (Lipinski definition) is 1. The van der Waals surface area contributed by atoms with Crippen LogP contribution in [-0.2, 0) is 5.54 Å². The first-order valence-electron chi connectivity index (χ1n) is 5.78. The Morgan fingerprint density at radius 2 is 2.11 bits per heavy atom. The summed E-state index contributed by atoms with van der Waals surface area (Å²) >= 11 is 1.15. The molecule has 0 aliphatic carbocycles. The number of carboxylic acid groups (broad SMARTS) is 1. The summed E-state index contributed by atoms with van der Waals surface area (Å²) in [4.78, 5) is 15.0. The predicted octanol–water partition coefficient (Wildman–Crippen LogP) is 2.96. The lowest BCUT2D eigenvalue weighted by atomic mass is 10.1. The van der Waals surface area contributed by atoms with Gasteiger partial charge >= 0.3 is 5.97 Å². The number of aromatic nitrogens is 3. The number of rotatable bonds is 3. The maximum absolute atomic E-state index is 10.7. The van der Waals surface area contributed by atoms with E-state index in [4.69, 9.17) is 5.11 Å². The highest BCUT2D eigenvalue weighted by molar-refractivity contribution is 7.14. The number of carbonyl (C=O) groups is 1. The van der Waals surface area contributed by atoms with E-state index in [1.165, 1.54) is 6.20 Å². The molecule has 0 radical (unpaired) electrons. The summed E-state index contributed by atoms with van der Waals surface area (Å²) in [7, 11) is 0. The van der Waals surface area contributed by atoms with E-state index in [1.807, 2.05) is 17.0 Å². The highest BCUT2D eigenvalue weighted by Gasteiger charge is 2.13. The van der Waals surface area contributed by atoms with Gasteiger partial charge in [0.05, 0.1) is 17.9 Å². The molecule has 0 amide bonds. The molecule has 0 saturated heterocycles. The second-order valence-electron chi connectivity index (χ2n) is 5.09. The second kappa shape index (κ2) is 4.97. The maximum Gasteiger partial charge on any atom is 0.347 e. The van der Waals surface area contributed by atoms with Crippen LogP contribution in [0.3, 0.4) is 0 Å². The minimum absolute atomic E-state index is 0.0518. The summed E-state index contributed by atoms with van der Waals surface area (Å²) in [6, 6.07) is 0. The Kier molecular flexibility index (Phi) is 3.53. The Hall–Kier alpha value is -1.95. The van der Waals surface area contributed by atoms with Crippen LogP contribution in [0.4, 0.5) is 0 Å². The highest BCUT2D eigenvalue weighted by Crippen LogP contribution is 2.17. The van der Waals surface area contributed by atoms with Crippen molar-refractivity contribution in [2.45, 2.75) is 26.3 Å². The molecule has 2 heterocycles. The zero-order valence-corrected chi connectivity index (χ0v) is 11.8. The largest absolute Gasteiger partial charge is 0.477 e. The molecule has 6 heteroatoms. The summed E-state index contributed by atoms with van der Waals surface area (Å²) in [6.07, 6.45) is 8.75. The third-order valence-electron chi connectivity index (χ3n) is 2.44. The third kappa shape index (κ3) is 3.29. The van der Waals surface area contributed by atoms with Crippen LogP contribution in [0.2, 0.25) is 0 Å². The van der Waals surface area contributed by atoms with Gasteiger partial charge in [-0.1, -0.05) is 0 Å². The van der Waals surface area contributed by atoms with Crippen molar-refractivity contribution in [1.82, 2.24) is 14.8 Å². The first-order chi connectivity index (χ1) is 8.86. The van der Waals surface area contributed by atoms with Gasteiger partial charge in [-0.25, -0.2) is 9.78 Å². The molecule has 0 atom stereocenters. The lowest BCUT2D eigenvalue weighted by Gasteiger charge is -2.18. The summed E-state index contributed by atoms with van der Waals surface area (Å²) in [5.74, 6) is -0.947. The molecule has 0 unspecified atom stereocenters. The molecular formula is C13H15N3O2S. The molecule has 0 spiro atoms. The van der Waals surface area contributed by atoms with Crippen molar-refractivity contribution in [3.05, 3.63) is 34.0 Å². The molecule has 0 saturated carbocycles. The Balaban J connectivity index is 2.14. The molecule has 0 bridgehead atoms. The van der Waals surface area contributed by atoms with Gasteiger partial charge in [-0.15, -0.1) is 11.3 Å². The van der Waals surface area contributed by atoms with Crippen molar-refractivity contribution < 1.29 is 9.90 Å². The number of hydrogen-bond acceptors (Lipinski definition) is 4. The van der Waals surface area contributed by atoms with E-state index in [0.29, 0.717) is 5.01 Å². The van der Waals surface area contributed by atoms with Crippen molar-refractivity contribution in [2.24, 2.45) is 0 Å². The fraction of sp³-hybridized carbons (Fsp3) is 0.308.